The largest absolute Gasteiger partial charge is 0.460 e. The highest BCUT2D eigenvalue weighted by Gasteiger charge is 2.61. The molecule has 2 bridgehead atoms. The van der Waals surface area contributed by atoms with Gasteiger partial charge in [-0.05, 0) is 87.5 Å². The Morgan fingerprint density at radius 2 is 1.89 bits per heavy atom. The fourth-order valence-electron chi connectivity index (χ4n) is 8.60. The Hall–Kier alpha value is -4.71. The van der Waals surface area contributed by atoms with Gasteiger partial charge in [0.05, 0.1) is 31.4 Å². The van der Waals surface area contributed by atoms with Gasteiger partial charge >= 0.3 is 5.97 Å². The number of hydrogen-bond acceptors (Lipinski definition) is 7. The second kappa shape index (κ2) is 13.6. The summed E-state index contributed by atoms with van der Waals surface area (Å²) in [7, 11) is 0. The van der Waals surface area contributed by atoms with Crippen LogP contribution in [-0.4, -0.2) is 63.7 Å². The minimum Gasteiger partial charge on any atom is -0.460 e. The number of aryl methyl sites for hydroxylation is 1. The lowest BCUT2D eigenvalue weighted by Crippen LogP contribution is -2.51. The second-order valence-corrected chi connectivity index (χ2v) is 17.2. The van der Waals surface area contributed by atoms with Crippen LogP contribution in [0.1, 0.15) is 102 Å². The number of imidazole rings is 1. The van der Waals surface area contributed by atoms with Crippen molar-refractivity contribution in [3.8, 4) is 0 Å². The molecule has 5 aromatic rings. The molecule has 12 nitrogen and oxygen atoms in total. The molecule has 4 atom stereocenters. The third-order valence-electron chi connectivity index (χ3n) is 11.8. The Bertz CT molecular complexity index is 2190. The van der Waals surface area contributed by atoms with E-state index in [0.717, 1.165) is 47.1 Å². The lowest BCUT2D eigenvalue weighted by molar-refractivity contribution is -0.156. The predicted octanol–water partition coefficient (Wildman–Crippen LogP) is 6.94. The summed E-state index contributed by atoms with van der Waals surface area (Å²) < 4.78 is 9.18. The van der Waals surface area contributed by atoms with Crippen LogP contribution in [0.25, 0.3) is 16.6 Å². The van der Waals surface area contributed by atoms with Gasteiger partial charge in [0.2, 0.25) is 11.8 Å². The SMILES string of the molecule is Cc1ccc2nc(Cn3cc(CN(C(=O)CCC(=O)OC(C)(C)C)C(C(=O)N[C@H]4C[C@@H]5CC[C@@]4(C)C5(C)C)c4c[nH]c5cc(Cl)ccc45)nn3)cn2c1. The molecular formula is C40H49ClN8O4. The van der Waals surface area contributed by atoms with Crippen LogP contribution in [0.15, 0.2) is 55.1 Å². The third kappa shape index (κ3) is 7.17. The molecule has 2 aliphatic rings. The number of nitrogens with one attached hydrogen (secondary N) is 2. The molecule has 0 spiro atoms. The van der Waals surface area contributed by atoms with Gasteiger partial charge in [0.1, 0.15) is 23.0 Å². The van der Waals surface area contributed by atoms with Crippen LogP contribution in [0.5, 0.6) is 0 Å². The standard InChI is InChI=1S/C40H49ClN8O4/c1-24-8-11-33-43-27(20-47(33)19-24)21-48-22-28(45-46-48)23-49(34(50)12-13-35(51)53-38(2,3)4)36(30-18-42-31-17-26(41)9-10-29(30)31)37(52)44-32-16-25-14-15-40(32,7)39(25,5)6/h8-11,17-20,22,25,32,36,42H,12-16,21,23H2,1-7H3,(H,44,52)/t25-,32-,36?,40+/m0/s1. The summed E-state index contributed by atoms with van der Waals surface area (Å²) in [6.45, 7) is 14.6. The molecule has 4 aromatic heterocycles. The lowest BCUT2D eigenvalue weighted by Gasteiger charge is -2.40. The van der Waals surface area contributed by atoms with E-state index in [4.69, 9.17) is 21.3 Å². The Kier molecular flexibility index (Phi) is 9.41. The van der Waals surface area contributed by atoms with Crippen molar-refractivity contribution in [2.45, 2.75) is 111 Å². The van der Waals surface area contributed by atoms with Gasteiger partial charge in [-0.15, -0.1) is 5.10 Å². The van der Waals surface area contributed by atoms with E-state index in [1.165, 1.54) is 4.90 Å². The van der Waals surface area contributed by atoms with Gasteiger partial charge in [-0.3, -0.25) is 14.4 Å². The predicted molar refractivity (Wildman–Crippen MR) is 202 cm³/mol. The fraction of sp³-hybridized carbons (Fsp3) is 0.500. The average Bonchev–Trinajstić information content (AvgIpc) is 3.87. The highest BCUT2D eigenvalue weighted by Crippen LogP contribution is 2.65. The van der Waals surface area contributed by atoms with E-state index in [1.807, 2.05) is 41.9 Å². The molecule has 4 heterocycles. The molecule has 13 heteroatoms. The number of hydrogen-bond donors (Lipinski definition) is 2. The fourth-order valence-corrected chi connectivity index (χ4v) is 8.77. The van der Waals surface area contributed by atoms with Crippen molar-refractivity contribution < 1.29 is 19.1 Å². The summed E-state index contributed by atoms with van der Waals surface area (Å²) in [5.41, 5.74) is 3.89. The number of esters is 1. The minimum absolute atomic E-state index is 0.0219. The van der Waals surface area contributed by atoms with Crippen LogP contribution in [0.2, 0.25) is 5.02 Å². The number of carbonyl (C=O) groups excluding carboxylic acids is 3. The Labute approximate surface area is 314 Å². The number of rotatable bonds is 11. The Balaban J connectivity index is 1.23. The van der Waals surface area contributed by atoms with Crippen LogP contribution in [0.4, 0.5) is 0 Å². The molecule has 2 aliphatic carbocycles. The summed E-state index contributed by atoms with van der Waals surface area (Å²) in [4.78, 5) is 51.6. The zero-order valence-electron chi connectivity index (χ0n) is 31.6. The monoisotopic (exact) mass is 740 g/mol. The lowest BCUT2D eigenvalue weighted by atomic mass is 9.69. The third-order valence-corrected chi connectivity index (χ3v) is 12.1. The summed E-state index contributed by atoms with van der Waals surface area (Å²) in [6, 6.07) is 8.32. The number of nitrogens with zero attached hydrogens (tertiary/aromatic N) is 6. The van der Waals surface area contributed by atoms with E-state index >= 15 is 0 Å². The maximum atomic E-state index is 14.9. The van der Waals surface area contributed by atoms with Crippen LogP contribution >= 0.6 is 11.6 Å². The summed E-state index contributed by atoms with van der Waals surface area (Å²) >= 11 is 6.36. The van der Waals surface area contributed by atoms with E-state index in [-0.39, 0.29) is 48.1 Å². The zero-order valence-corrected chi connectivity index (χ0v) is 32.3. The normalized spacial score (nSPS) is 21.3. The first kappa shape index (κ1) is 36.6. The molecule has 2 N–H and O–H groups in total. The topological polar surface area (TPSA) is 140 Å². The summed E-state index contributed by atoms with van der Waals surface area (Å²) in [5.74, 6) is -0.651. The summed E-state index contributed by atoms with van der Waals surface area (Å²) in [5, 5.41) is 13.6. The van der Waals surface area contributed by atoms with Gasteiger partial charge in [0.15, 0.2) is 0 Å². The van der Waals surface area contributed by atoms with Gasteiger partial charge in [-0.1, -0.05) is 49.7 Å². The Morgan fingerprint density at radius 3 is 2.60 bits per heavy atom. The number of aromatic nitrogens is 6. The molecule has 0 aliphatic heterocycles. The van der Waals surface area contributed by atoms with Crippen molar-refractivity contribution >= 4 is 45.9 Å². The smallest absolute Gasteiger partial charge is 0.306 e. The van der Waals surface area contributed by atoms with Gasteiger partial charge in [-0.25, -0.2) is 9.67 Å². The van der Waals surface area contributed by atoms with E-state index in [9.17, 15) is 14.4 Å². The number of fused-ring (bicyclic) bond motifs is 4. The highest BCUT2D eigenvalue weighted by molar-refractivity contribution is 6.31. The van der Waals surface area contributed by atoms with Crippen molar-refractivity contribution in [1.29, 1.82) is 0 Å². The second-order valence-electron chi connectivity index (χ2n) is 16.7. The minimum atomic E-state index is -1.05. The van der Waals surface area contributed by atoms with E-state index in [1.54, 1.807) is 50.0 Å². The van der Waals surface area contributed by atoms with Gasteiger partial charge < -0.3 is 24.3 Å². The van der Waals surface area contributed by atoms with Crippen molar-refractivity contribution in [3.05, 3.63) is 82.7 Å². The number of aromatic amines is 1. The molecule has 2 saturated carbocycles. The maximum Gasteiger partial charge on any atom is 0.306 e. The first-order valence-electron chi connectivity index (χ1n) is 18.4. The maximum absolute atomic E-state index is 14.9. The molecule has 53 heavy (non-hydrogen) atoms. The molecule has 7 rings (SSSR count). The van der Waals surface area contributed by atoms with E-state index in [2.05, 4.69) is 41.4 Å². The molecule has 0 saturated heterocycles. The highest BCUT2D eigenvalue weighted by atomic mass is 35.5. The molecule has 2 fully saturated rings. The van der Waals surface area contributed by atoms with Crippen molar-refractivity contribution in [3.63, 3.8) is 0 Å². The van der Waals surface area contributed by atoms with Crippen molar-refractivity contribution in [1.82, 2.24) is 39.6 Å². The molecule has 1 aromatic carbocycles. The van der Waals surface area contributed by atoms with Crippen molar-refractivity contribution in [2.24, 2.45) is 16.7 Å². The molecule has 0 radical (unpaired) electrons. The van der Waals surface area contributed by atoms with Gasteiger partial charge in [0.25, 0.3) is 0 Å². The van der Waals surface area contributed by atoms with Crippen LogP contribution in [0, 0.1) is 23.7 Å². The first-order valence-corrected chi connectivity index (χ1v) is 18.8. The van der Waals surface area contributed by atoms with Gasteiger partial charge in [0, 0.05) is 52.5 Å². The van der Waals surface area contributed by atoms with Crippen LogP contribution < -0.4 is 5.32 Å². The number of benzene rings is 1. The number of carbonyl (C=O) groups is 3. The van der Waals surface area contributed by atoms with E-state index < -0.39 is 17.6 Å². The van der Waals surface area contributed by atoms with Crippen LogP contribution in [-0.2, 0) is 32.2 Å². The van der Waals surface area contributed by atoms with E-state index in [0.29, 0.717) is 28.7 Å². The summed E-state index contributed by atoms with van der Waals surface area (Å²) in [6.07, 6.45) is 10.3. The van der Waals surface area contributed by atoms with Gasteiger partial charge in [-0.2, -0.15) is 0 Å². The molecule has 2 amide bonds. The average molecular weight is 741 g/mol. The zero-order chi connectivity index (χ0) is 37.9. The number of ether oxygens (including phenoxy) is 1. The van der Waals surface area contributed by atoms with Crippen molar-refractivity contribution in [2.75, 3.05) is 0 Å². The first-order chi connectivity index (χ1) is 25.0. The molecule has 1 unspecified atom stereocenters. The quantitative estimate of drug-likeness (QED) is 0.140. The molecule has 280 valence electrons. The number of H-pyrrole nitrogens is 1. The number of halogens is 1. The van der Waals surface area contributed by atoms with Crippen LogP contribution in [0.3, 0.4) is 0 Å². The number of amides is 2. The Morgan fingerprint density at radius 1 is 1.09 bits per heavy atom. The molecular weight excluding hydrogens is 692 g/mol. The number of pyridine rings is 1.